The van der Waals surface area contributed by atoms with E-state index in [2.05, 4.69) is 38.5 Å². The number of carbonyl (C=O) groups is 4. The highest BCUT2D eigenvalue weighted by atomic mass is 32.1. The van der Waals surface area contributed by atoms with Crippen LogP contribution in [-0.4, -0.2) is 74.3 Å². The van der Waals surface area contributed by atoms with Gasteiger partial charge < -0.3 is 36.9 Å². The number of aromatic hydroxyl groups is 1. The lowest BCUT2D eigenvalue weighted by Crippen LogP contribution is -2.57. The van der Waals surface area contributed by atoms with Gasteiger partial charge in [-0.05, 0) is 17.7 Å². The molecule has 0 saturated heterocycles. The number of nitrogens with zero attached hydrogens (tertiary/aromatic N) is 1. The molecule has 0 radical (unpaired) electrons. The third-order valence-corrected chi connectivity index (χ3v) is 4.99. The zero-order valence-electron chi connectivity index (χ0n) is 17.5. The third kappa shape index (κ3) is 8.12. The van der Waals surface area contributed by atoms with Gasteiger partial charge in [-0.15, -0.1) is 0 Å². The van der Waals surface area contributed by atoms with Gasteiger partial charge in [-0.3, -0.25) is 14.4 Å². The van der Waals surface area contributed by atoms with E-state index in [1.807, 2.05) is 0 Å². The number of aromatic amines is 1. The molecule has 2 aromatic rings. The molecule has 0 bridgehead atoms. The number of hydrogen-bond acceptors (Lipinski definition) is 8. The van der Waals surface area contributed by atoms with Crippen LogP contribution < -0.4 is 21.7 Å². The van der Waals surface area contributed by atoms with Crippen LogP contribution >= 0.6 is 12.6 Å². The molecular formula is C20H26N6O6S. The summed E-state index contributed by atoms with van der Waals surface area (Å²) in [5, 5.41) is 26.0. The van der Waals surface area contributed by atoms with Crippen LogP contribution in [0, 0.1) is 0 Å². The van der Waals surface area contributed by atoms with Crippen LogP contribution in [0.1, 0.15) is 11.3 Å². The minimum atomic E-state index is -1.27. The van der Waals surface area contributed by atoms with Crippen LogP contribution in [0.4, 0.5) is 0 Å². The Hall–Kier alpha value is -3.58. The normalized spacial score (nSPS) is 13.4. The van der Waals surface area contributed by atoms with Crippen molar-refractivity contribution >= 4 is 36.3 Å². The average Bonchev–Trinajstić information content (AvgIpc) is 3.30. The fourth-order valence-corrected chi connectivity index (χ4v) is 3.13. The fraction of sp³-hybridized carbons (Fsp3) is 0.350. The molecule has 0 fully saturated rings. The number of H-pyrrole nitrogens is 1. The number of nitrogens with one attached hydrogen (secondary N) is 4. The first-order valence-electron chi connectivity index (χ1n) is 9.92. The number of aromatic nitrogens is 2. The molecular weight excluding hydrogens is 452 g/mol. The maximum atomic E-state index is 13.0. The average molecular weight is 479 g/mol. The third-order valence-electron chi connectivity index (χ3n) is 4.62. The van der Waals surface area contributed by atoms with E-state index in [0.29, 0.717) is 11.3 Å². The Labute approximate surface area is 194 Å². The zero-order chi connectivity index (χ0) is 24.4. The van der Waals surface area contributed by atoms with Crippen molar-refractivity contribution in [3.63, 3.8) is 0 Å². The molecule has 1 aromatic heterocycles. The molecule has 8 N–H and O–H groups in total. The van der Waals surface area contributed by atoms with Gasteiger partial charge in [-0.2, -0.15) is 12.6 Å². The fourth-order valence-electron chi connectivity index (χ4n) is 2.89. The van der Waals surface area contributed by atoms with E-state index in [1.165, 1.54) is 24.7 Å². The predicted octanol–water partition coefficient (Wildman–Crippen LogP) is -1.67. The van der Waals surface area contributed by atoms with Crippen molar-refractivity contribution in [1.82, 2.24) is 25.9 Å². The lowest BCUT2D eigenvalue weighted by molar-refractivity contribution is -0.141. The van der Waals surface area contributed by atoms with Crippen molar-refractivity contribution in [2.45, 2.75) is 31.0 Å². The Morgan fingerprint density at radius 1 is 1.00 bits per heavy atom. The minimum absolute atomic E-state index is 0.00670. The number of carbonyl (C=O) groups excluding carboxylic acids is 3. The molecule has 1 aromatic carbocycles. The number of benzene rings is 1. The molecule has 12 nitrogen and oxygen atoms in total. The van der Waals surface area contributed by atoms with Gasteiger partial charge in [0.25, 0.3) is 0 Å². The van der Waals surface area contributed by atoms with E-state index in [0.717, 1.165) is 0 Å². The van der Waals surface area contributed by atoms with Gasteiger partial charge in [0, 0.05) is 30.5 Å². The zero-order valence-corrected chi connectivity index (χ0v) is 18.4. The highest BCUT2D eigenvalue weighted by molar-refractivity contribution is 7.80. The van der Waals surface area contributed by atoms with Crippen LogP contribution in [0.2, 0.25) is 0 Å². The smallest absolute Gasteiger partial charge is 0.327 e. The molecule has 1 heterocycles. The van der Waals surface area contributed by atoms with Crippen LogP contribution in [0.5, 0.6) is 5.75 Å². The van der Waals surface area contributed by atoms with E-state index in [9.17, 15) is 29.4 Å². The Morgan fingerprint density at radius 3 is 2.12 bits per heavy atom. The summed E-state index contributed by atoms with van der Waals surface area (Å²) in [4.78, 5) is 55.7. The molecule has 3 amide bonds. The number of imidazole rings is 1. The van der Waals surface area contributed by atoms with Crippen molar-refractivity contribution in [1.29, 1.82) is 0 Å². The quantitative estimate of drug-likeness (QED) is 0.165. The number of carboxylic acids is 1. The van der Waals surface area contributed by atoms with E-state index in [1.54, 1.807) is 12.1 Å². The van der Waals surface area contributed by atoms with Crippen molar-refractivity contribution in [2.75, 3.05) is 12.3 Å². The summed E-state index contributed by atoms with van der Waals surface area (Å²) in [5.41, 5.74) is 6.52. The summed E-state index contributed by atoms with van der Waals surface area (Å²) in [7, 11) is 0. The monoisotopic (exact) mass is 478 g/mol. The Kier molecular flexibility index (Phi) is 9.69. The topological polar surface area (TPSA) is 200 Å². The molecule has 0 aliphatic carbocycles. The molecule has 0 aliphatic heterocycles. The summed E-state index contributed by atoms with van der Waals surface area (Å²) in [6, 6.07) is 2.54. The minimum Gasteiger partial charge on any atom is -0.508 e. The first kappa shape index (κ1) is 25.7. The van der Waals surface area contributed by atoms with Gasteiger partial charge in [0.1, 0.15) is 23.9 Å². The number of nitrogens with two attached hydrogens (primary N) is 1. The van der Waals surface area contributed by atoms with Crippen molar-refractivity contribution in [3.8, 4) is 5.75 Å². The molecule has 2 rings (SSSR count). The summed E-state index contributed by atoms with van der Waals surface area (Å²) in [6.07, 6.45) is 2.91. The molecule has 33 heavy (non-hydrogen) atoms. The Balaban J connectivity index is 2.21. The van der Waals surface area contributed by atoms with Crippen molar-refractivity contribution in [2.24, 2.45) is 5.73 Å². The number of carboxylic acid groups (broad SMARTS) is 1. The van der Waals surface area contributed by atoms with Gasteiger partial charge in [-0.25, -0.2) is 9.78 Å². The second-order valence-corrected chi connectivity index (χ2v) is 7.48. The largest absolute Gasteiger partial charge is 0.508 e. The van der Waals surface area contributed by atoms with Crippen LogP contribution in [-0.2, 0) is 32.0 Å². The van der Waals surface area contributed by atoms with E-state index in [4.69, 9.17) is 5.73 Å². The summed E-state index contributed by atoms with van der Waals surface area (Å²) in [5.74, 6) is -3.38. The number of amides is 3. The predicted molar refractivity (Wildman–Crippen MR) is 120 cm³/mol. The highest BCUT2D eigenvalue weighted by Crippen LogP contribution is 2.12. The molecule has 178 valence electrons. The van der Waals surface area contributed by atoms with E-state index < -0.39 is 41.8 Å². The maximum Gasteiger partial charge on any atom is 0.327 e. The summed E-state index contributed by atoms with van der Waals surface area (Å²) >= 11 is 3.92. The SMILES string of the molecule is NCC(=O)NC(Cc1ccc(O)cc1)C(=O)NC(Cc1cnc[nH]1)C(=O)NC(CS)C(=O)O. The second kappa shape index (κ2) is 12.5. The lowest BCUT2D eigenvalue weighted by atomic mass is 10.0. The molecule has 0 aliphatic rings. The van der Waals surface area contributed by atoms with Gasteiger partial charge in [0.05, 0.1) is 12.9 Å². The van der Waals surface area contributed by atoms with Gasteiger partial charge in [-0.1, -0.05) is 12.1 Å². The van der Waals surface area contributed by atoms with E-state index >= 15 is 0 Å². The van der Waals surface area contributed by atoms with Gasteiger partial charge in [0.2, 0.25) is 17.7 Å². The van der Waals surface area contributed by atoms with E-state index in [-0.39, 0.29) is 30.9 Å². The number of thiol groups is 1. The number of rotatable bonds is 12. The number of phenolic OH excluding ortho intramolecular Hbond substituents is 1. The van der Waals surface area contributed by atoms with Gasteiger partial charge in [0.15, 0.2) is 0 Å². The Morgan fingerprint density at radius 2 is 1.61 bits per heavy atom. The van der Waals surface area contributed by atoms with Crippen molar-refractivity contribution < 1.29 is 29.4 Å². The summed E-state index contributed by atoms with van der Waals surface area (Å²) in [6.45, 7) is -0.348. The molecule has 3 atom stereocenters. The molecule has 3 unspecified atom stereocenters. The number of hydrogen-bond donors (Lipinski definition) is 8. The summed E-state index contributed by atoms with van der Waals surface area (Å²) < 4.78 is 0. The van der Waals surface area contributed by atoms with Crippen molar-refractivity contribution in [3.05, 3.63) is 48.0 Å². The first-order valence-corrected chi connectivity index (χ1v) is 10.6. The second-order valence-electron chi connectivity index (χ2n) is 7.12. The highest BCUT2D eigenvalue weighted by Gasteiger charge is 2.29. The lowest BCUT2D eigenvalue weighted by Gasteiger charge is -2.24. The van der Waals surface area contributed by atoms with Crippen LogP contribution in [0.15, 0.2) is 36.8 Å². The molecule has 13 heteroatoms. The number of aliphatic carboxylic acids is 1. The Bertz CT molecular complexity index is 952. The standard InChI is InChI=1S/C20H26N6O6S/c21-7-17(28)24-14(5-11-1-3-13(27)4-2-11)18(29)25-15(6-12-8-22-10-23-12)19(30)26-16(9-33)20(31)32/h1-4,8,10,14-16,27,33H,5-7,9,21H2,(H,22,23)(H,24,28)(H,25,29)(H,26,30)(H,31,32). The van der Waals surface area contributed by atoms with Gasteiger partial charge >= 0.3 is 5.97 Å². The molecule has 0 saturated carbocycles. The van der Waals surface area contributed by atoms with Crippen LogP contribution in [0.3, 0.4) is 0 Å². The maximum absolute atomic E-state index is 13.0. The first-order chi connectivity index (χ1) is 15.7. The molecule has 0 spiro atoms. The number of phenols is 1. The van der Waals surface area contributed by atoms with Crippen LogP contribution in [0.25, 0.3) is 0 Å².